The number of unbranched alkanes of at least 4 members (excludes halogenated alkanes) is 2. The van der Waals surface area contributed by atoms with E-state index in [2.05, 4.69) is 0 Å². The molecule has 2 nitrogen and oxygen atoms in total. The summed E-state index contributed by atoms with van der Waals surface area (Å²) in [6, 6.07) is 0. The first kappa shape index (κ1) is 10.9. The standard InChI is InChI=1S/C9H21NO/c1-8(2)9(11)6-4-3-5-7-10/h8-9,11H,3-7,10H2,1-2H3. The van der Waals surface area contributed by atoms with E-state index in [1.807, 2.05) is 13.8 Å². The molecule has 0 rings (SSSR count). The van der Waals surface area contributed by atoms with Crippen molar-refractivity contribution in [3.63, 3.8) is 0 Å². The van der Waals surface area contributed by atoms with Crippen LogP contribution in [-0.2, 0) is 0 Å². The second-order valence-corrected chi connectivity index (χ2v) is 3.45. The number of nitrogens with two attached hydrogens (primary N) is 1. The van der Waals surface area contributed by atoms with Gasteiger partial charge in [0, 0.05) is 0 Å². The molecule has 11 heavy (non-hydrogen) atoms. The highest BCUT2D eigenvalue weighted by molar-refractivity contribution is 4.59. The van der Waals surface area contributed by atoms with Gasteiger partial charge in [0.15, 0.2) is 0 Å². The van der Waals surface area contributed by atoms with Crippen LogP contribution < -0.4 is 5.73 Å². The highest BCUT2D eigenvalue weighted by Gasteiger charge is 2.07. The molecule has 3 N–H and O–H groups in total. The summed E-state index contributed by atoms with van der Waals surface area (Å²) in [7, 11) is 0. The van der Waals surface area contributed by atoms with Crippen molar-refractivity contribution in [2.75, 3.05) is 6.54 Å². The summed E-state index contributed by atoms with van der Waals surface area (Å²) in [6.07, 6.45) is 4.16. The quantitative estimate of drug-likeness (QED) is 0.577. The van der Waals surface area contributed by atoms with Gasteiger partial charge in [-0.1, -0.05) is 26.7 Å². The molecule has 0 bridgehead atoms. The lowest BCUT2D eigenvalue weighted by Gasteiger charge is -2.13. The molecule has 0 aliphatic rings. The van der Waals surface area contributed by atoms with Crippen LogP contribution in [0.5, 0.6) is 0 Å². The van der Waals surface area contributed by atoms with Crippen LogP contribution in [0.4, 0.5) is 0 Å². The Morgan fingerprint density at radius 1 is 1.18 bits per heavy atom. The predicted octanol–water partition coefficient (Wildman–Crippen LogP) is 1.52. The lowest BCUT2D eigenvalue weighted by molar-refractivity contribution is 0.113. The molecular formula is C9H21NO. The third kappa shape index (κ3) is 6.32. The van der Waals surface area contributed by atoms with Gasteiger partial charge in [0.2, 0.25) is 0 Å². The van der Waals surface area contributed by atoms with E-state index in [4.69, 9.17) is 5.73 Å². The summed E-state index contributed by atoms with van der Waals surface area (Å²) >= 11 is 0. The molecule has 0 spiro atoms. The fourth-order valence-corrected chi connectivity index (χ4v) is 1.01. The van der Waals surface area contributed by atoms with E-state index >= 15 is 0 Å². The minimum Gasteiger partial charge on any atom is -0.393 e. The summed E-state index contributed by atoms with van der Waals surface area (Å²) in [5.41, 5.74) is 5.34. The van der Waals surface area contributed by atoms with Crippen molar-refractivity contribution in [2.45, 2.75) is 45.6 Å². The molecule has 0 fully saturated rings. The van der Waals surface area contributed by atoms with Gasteiger partial charge in [0.25, 0.3) is 0 Å². The van der Waals surface area contributed by atoms with Crippen LogP contribution in [-0.4, -0.2) is 17.8 Å². The van der Waals surface area contributed by atoms with Crippen LogP contribution in [0.3, 0.4) is 0 Å². The molecule has 0 aliphatic heterocycles. The van der Waals surface area contributed by atoms with E-state index < -0.39 is 0 Å². The normalized spacial score (nSPS) is 13.9. The number of hydrogen-bond donors (Lipinski definition) is 2. The summed E-state index contributed by atoms with van der Waals surface area (Å²) < 4.78 is 0. The first-order valence-corrected chi connectivity index (χ1v) is 4.56. The molecule has 1 atom stereocenters. The molecule has 0 saturated carbocycles. The van der Waals surface area contributed by atoms with Crippen LogP contribution >= 0.6 is 0 Å². The van der Waals surface area contributed by atoms with Crippen LogP contribution in [0.15, 0.2) is 0 Å². The summed E-state index contributed by atoms with van der Waals surface area (Å²) in [4.78, 5) is 0. The first-order chi connectivity index (χ1) is 5.18. The van der Waals surface area contributed by atoms with E-state index in [0.29, 0.717) is 5.92 Å². The third-order valence-corrected chi connectivity index (χ3v) is 1.97. The van der Waals surface area contributed by atoms with Gasteiger partial charge in [-0.05, 0) is 25.3 Å². The van der Waals surface area contributed by atoms with Crippen molar-refractivity contribution < 1.29 is 5.11 Å². The van der Waals surface area contributed by atoms with Gasteiger partial charge in [0.05, 0.1) is 6.10 Å². The van der Waals surface area contributed by atoms with Gasteiger partial charge >= 0.3 is 0 Å². The highest BCUT2D eigenvalue weighted by Crippen LogP contribution is 2.10. The Labute approximate surface area is 69.8 Å². The van der Waals surface area contributed by atoms with Gasteiger partial charge in [-0.15, -0.1) is 0 Å². The molecule has 2 heteroatoms. The predicted molar refractivity (Wildman–Crippen MR) is 48.4 cm³/mol. The van der Waals surface area contributed by atoms with E-state index in [0.717, 1.165) is 32.2 Å². The Morgan fingerprint density at radius 3 is 2.27 bits per heavy atom. The van der Waals surface area contributed by atoms with Gasteiger partial charge in [0.1, 0.15) is 0 Å². The van der Waals surface area contributed by atoms with Gasteiger partial charge in [-0.25, -0.2) is 0 Å². The zero-order chi connectivity index (χ0) is 8.69. The molecule has 0 aliphatic carbocycles. The molecule has 0 radical (unpaired) electrons. The topological polar surface area (TPSA) is 46.2 Å². The van der Waals surface area contributed by atoms with Crippen LogP contribution in [0, 0.1) is 5.92 Å². The molecule has 0 amide bonds. The van der Waals surface area contributed by atoms with Crippen molar-refractivity contribution in [2.24, 2.45) is 11.7 Å². The fraction of sp³-hybridized carbons (Fsp3) is 1.00. The summed E-state index contributed by atoms with van der Waals surface area (Å²) in [5.74, 6) is 0.396. The van der Waals surface area contributed by atoms with E-state index in [9.17, 15) is 5.11 Å². The smallest absolute Gasteiger partial charge is 0.0563 e. The van der Waals surface area contributed by atoms with E-state index in [1.54, 1.807) is 0 Å². The molecule has 0 heterocycles. The molecule has 0 aromatic carbocycles. The Hall–Kier alpha value is -0.0800. The summed E-state index contributed by atoms with van der Waals surface area (Å²) in [6.45, 7) is 4.87. The van der Waals surface area contributed by atoms with Crippen LogP contribution in [0.2, 0.25) is 0 Å². The van der Waals surface area contributed by atoms with Crippen molar-refractivity contribution >= 4 is 0 Å². The van der Waals surface area contributed by atoms with Gasteiger partial charge < -0.3 is 10.8 Å². The van der Waals surface area contributed by atoms with Crippen molar-refractivity contribution in [1.82, 2.24) is 0 Å². The number of hydrogen-bond acceptors (Lipinski definition) is 2. The maximum atomic E-state index is 9.39. The number of aliphatic hydroxyl groups is 1. The number of aliphatic hydroxyl groups excluding tert-OH is 1. The highest BCUT2D eigenvalue weighted by atomic mass is 16.3. The lowest BCUT2D eigenvalue weighted by atomic mass is 10.0. The molecule has 0 aromatic heterocycles. The average molecular weight is 159 g/mol. The number of rotatable bonds is 6. The summed E-state index contributed by atoms with van der Waals surface area (Å²) in [5, 5.41) is 9.39. The Morgan fingerprint density at radius 2 is 1.82 bits per heavy atom. The minimum absolute atomic E-state index is 0.118. The fourth-order valence-electron chi connectivity index (χ4n) is 1.01. The molecule has 0 aromatic rings. The average Bonchev–Trinajstić information content (AvgIpc) is 1.97. The Bertz CT molecular complexity index is 83.6. The zero-order valence-corrected chi connectivity index (χ0v) is 7.71. The van der Waals surface area contributed by atoms with Crippen molar-refractivity contribution in [1.29, 1.82) is 0 Å². The molecule has 0 saturated heterocycles. The SMILES string of the molecule is CC(C)C(O)CCCCCN. The van der Waals surface area contributed by atoms with E-state index in [1.165, 1.54) is 0 Å². The van der Waals surface area contributed by atoms with Crippen LogP contribution in [0.1, 0.15) is 39.5 Å². The maximum absolute atomic E-state index is 9.39. The zero-order valence-electron chi connectivity index (χ0n) is 7.71. The second-order valence-electron chi connectivity index (χ2n) is 3.45. The van der Waals surface area contributed by atoms with Crippen molar-refractivity contribution in [3.8, 4) is 0 Å². The maximum Gasteiger partial charge on any atom is 0.0563 e. The van der Waals surface area contributed by atoms with E-state index in [-0.39, 0.29) is 6.10 Å². The first-order valence-electron chi connectivity index (χ1n) is 4.56. The Balaban J connectivity index is 3.10. The van der Waals surface area contributed by atoms with Crippen molar-refractivity contribution in [3.05, 3.63) is 0 Å². The molecule has 68 valence electrons. The molecular weight excluding hydrogens is 138 g/mol. The lowest BCUT2D eigenvalue weighted by Crippen LogP contribution is -2.14. The largest absolute Gasteiger partial charge is 0.393 e. The Kier molecular flexibility index (Phi) is 6.57. The minimum atomic E-state index is -0.118. The van der Waals surface area contributed by atoms with Crippen LogP contribution in [0.25, 0.3) is 0 Å². The molecule has 1 unspecified atom stereocenters. The van der Waals surface area contributed by atoms with Gasteiger partial charge in [-0.2, -0.15) is 0 Å². The monoisotopic (exact) mass is 159 g/mol. The second kappa shape index (κ2) is 6.62. The third-order valence-electron chi connectivity index (χ3n) is 1.97. The van der Waals surface area contributed by atoms with Gasteiger partial charge in [-0.3, -0.25) is 0 Å².